The zero-order valence-corrected chi connectivity index (χ0v) is 12.8. The predicted octanol–water partition coefficient (Wildman–Crippen LogP) is 3.12. The third-order valence-corrected chi connectivity index (χ3v) is 30.3. The van der Waals surface area contributed by atoms with Crippen LogP contribution >= 0.6 is 24.8 Å². The first-order chi connectivity index (χ1) is 4.95. The molecule has 0 bridgehead atoms. The number of halogens is 2. The van der Waals surface area contributed by atoms with E-state index in [1.54, 1.807) is 0 Å². The summed E-state index contributed by atoms with van der Waals surface area (Å²) in [5, 5.41) is 3.98. The van der Waals surface area contributed by atoms with Crippen LogP contribution in [0, 0.1) is 0 Å². The Morgan fingerprint density at radius 2 is 1.36 bits per heavy atom. The van der Waals surface area contributed by atoms with Crippen LogP contribution < -0.4 is 0 Å². The van der Waals surface area contributed by atoms with Gasteiger partial charge in [-0.25, -0.2) is 0 Å². The van der Waals surface area contributed by atoms with Gasteiger partial charge >= 0.3 is 68.8 Å². The summed E-state index contributed by atoms with van der Waals surface area (Å²) < 4.78 is 35.3. The summed E-state index contributed by atoms with van der Waals surface area (Å²) in [6.07, 6.45) is 0. The fraction of sp³-hybridized carbons (Fsp3) is 1.00. The van der Waals surface area contributed by atoms with Gasteiger partial charge in [-0.3, -0.25) is 0 Å². The van der Waals surface area contributed by atoms with E-state index in [2.05, 4.69) is 0 Å². The average Bonchev–Trinajstić information content (AvgIpc) is 2.50. The van der Waals surface area contributed by atoms with E-state index < -0.39 is 23.1 Å². The van der Waals surface area contributed by atoms with E-state index in [9.17, 15) is 8.42 Å². The van der Waals surface area contributed by atoms with Gasteiger partial charge in [0, 0.05) is 0 Å². The van der Waals surface area contributed by atoms with E-state index in [-0.39, 0.29) is 24.8 Å². The standard InChI is InChI=1S/2C2H4.2CH3.2ClH.H2O4S.Pt/c2*1-2;;;;;1-5(2,3)4;/h2*1-2H2;2*1H3;2*1H;(H2,1,2,3,4);/q;;;;;;;+1/p-1. The van der Waals surface area contributed by atoms with Gasteiger partial charge in [0.25, 0.3) is 0 Å². The van der Waals surface area contributed by atoms with Gasteiger partial charge in [-0.15, -0.1) is 24.8 Å². The van der Waals surface area contributed by atoms with E-state index in [4.69, 9.17) is 7.39 Å². The van der Waals surface area contributed by atoms with Crippen molar-refractivity contribution in [3.63, 3.8) is 0 Å². The molecule has 4 nitrogen and oxygen atoms in total. The van der Waals surface area contributed by atoms with E-state index in [0.717, 1.165) is 19.2 Å². The van der Waals surface area contributed by atoms with Crippen molar-refractivity contribution in [3.8, 4) is 0 Å². The Labute approximate surface area is 93.1 Å². The molecule has 2 heterocycles. The second-order valence-electron chi connectivity index (χ2n) is 4.79. The van der Waals surface area contributed by atoms with Crippen molar-refractivity contribution in [1.82, 2.24) is 0 Å². The molecule has 0 amide bonds. The first-order valence-electron chi connectivity index (χ1n) is 3.34. The van der Waals surface area contributed by atoms with Crippen LogP contribution in [0.1, 0.15) is 0 Å². The molecule has 8 heteroatoms. The molecule has 2 aliphatic heterocycles. The molecule has 1 spiro atoms. The molecule has 2 rings (SSSR count). The fourth-order valence-electron chi connectivity index (χ4n) is 1.13. The third kappa shape index (κ3) is 1.87. The molecule has 14 heavy (non-hydrogen) atoms. The van der Waals surface area contributed by atoms with Gasteiger partial charge in [0.05, 0.1) is 0 Å². The van der Waals surface area contributed by atoms with Crippen LogP contribution in [0.15, 0.2) is 0 Å². The van der Waals surface area contributed by atoms with Gasteiger partial charge in [-0.1, -0.05) is 0 Å². The minimum absolute atomic E-state index is 0. The third-order valence-electron chi connectivity index (χ3n) is 3.05. The van der Waals surface area contributed by atoms with Gasteiger partial charge < -0.3 is 0 Å². The molecule has 0 aromatic heterocycles. The van der Waals surface area contributed by atoms with Crippen molar-refractivity contribution in [2.45, 2.75) is 29.9 Å². The van der Waals surface area contributed by atoms with Crippen LogP contribution in [0.25, 0.3) is 0 Å². The van der Waals surface area contributed by atoms with E-state index in [1.165, 1.54) is 0 Å². The SMILES string of the molecule is Cl.Cl.[CH3][Pt]12([CH3])([O]S(=O)(=O)O)([CH2][CH2]1)[CH2][CH2]2. The molecule has 2 fully saturated rings. The van der Waals surface area contributed by atoms with Crippen LogP contribution in [-0.4, -0.2) is 13.0 Å². The molecule has 0 aliphatic carbocycles. The first-order valence-corrected chi connectivity index (χ1v) is 16.6. The Hall–Kier alpha value is 1.14. The van der Waals surface area contributed by atoms with Crippen LogP contribution in [0.3, 0.4) is 0 Å². The van der Waals surface area contributed by atoms with Gasteiger partial charge in [0.15, 0.2) is 0 Å². The molecule has 2 aliphatic rings. The van der Waals surface area contributed by atoms with Crippen molar-refractivity contribution in [2.24, 2.45) is 0 Å². The quantitative estimate of drug-likeness (QED) is 0.656. The van der Waals surface area contributed by atoms with Crippen molar-refractivity contribution in [3.05, 3.63) is 0 Å². The van der Waals surface area contributed by atoms with E-state index in [0.29, 0.717) is 0 Å². The Bertz CT molecular complexity index is 384. The summed E-state index contributed by atoms with van der Waals surface area (Å²) in [4.78, 5) is 3.53. The maximum absolute atomic E-state index is 10.7. The number of rotatable bonds is 2. The first kappa shape index (κ1) is 15.1. The van der Waals surface area contributed by atoms with Crippen molar-refractivity contribution >= 4 is 35.2 Å². The summed E-state index contributed by atoms with van der Waals surface area (Å²) >= 11 is -3.81. The zero-order chi connectivity index (χ0) is 9.41. The molecule has 0 aromatic carbocycles. The molecule has 2 saturated heterocycles. The predicted molar refractivity (Wildman–Crippen MR) is 58.1 cm³/mol. The van der Waals surface area contributed by atoms with Crippen LogP contribution in [0.5, 0.6) is 0 Å². The molecule has 1 N–H and O–H groups in total. The fourth-order valence-corrected chi connectivity index (χ4v) is 38.7. The summed E-state index contributed by atoms with van der Waals surface area (Å²) in [7, 11) is -4.25. The van der Waals surface area contributed by atoms with Gasteiger partial charge in [-0.2, -0.15) is 0 Å². The van der Waals surface area contributed by atoms with Crippen molar-refractivity contribution in [1.29, 1.82) is 0 Å². The topological polar surface area (TPSA) is 63.6 Å². The average molecular weight is 451 g/mol. The molecule has 0 atom stereocenters. The maximum atomic E-state index is 10.7. The summed E-state index contributed by atoms with van der Waals surface area (Å²) in [6, 6.07) is 0. The Morgan fingerprint density at radius 1 is 1.07 bits per heavy atom. The molecule has 95 valence electrons. The van der Waals surface area contributed by atoms with Crippen molar-refractivity contribution in [2.75, 3.05) is 0 Å². The van der Waals surface area contributed by atoms with E-state index in [1.807, 2.05) is 10.6 Å². The number of hydrogen-bond donors (Lipinski definition) is 1. The van der Waals surface area contributed by atoms with Gasteiger partial charge in [-0.05, 0) is 0 Å². The second kappa shape index (κ2) is 2.22. The molecule has 0 radical (unpaired) electrons. The Kier molecular flexibility index (Phi) is 2.40. The molecule has 0 saturated carbocycles. The minimum atomic E-state index is -4.25. The van der Waals surface area contributed by atoms with E-state index >= 15 is 0 Å². The Morgan fingerprint density at radius 3 is 1.43 bits per heavy atom. The summed E-state index contributed by atoms with van der Waals surface area (Å²) in [6.45, 7) is 0. The number of hydrogen-bond acceptors (Lipinski definition) is 3. The zero-order valence-electron chi connectivity index (χ0n) is 8.04. The molecule has 0 unspecified atom stereocenters. The Balaban J connectivity index is 0.000000845. The van der Waals surface area contributed by atoms with Crippen LogP contribution in [-0.2, 0) is 25.9 Å². The normalized spacial score (nSPS) is 40.1. The van der Waals surface area contributed by atoms with Gasteiger partial charge in [0.1, 0.15) is 0 Å². The molecular formula is C6H17Cl2O4PtS. The summed E-state index contributed by atoms with van der Waals surface area (Å²) in [5.41, 5.74) is 0. The van der Waals surface area contributed by atoms with Gasteiger partial charge in [0.2, 0.25) is 0 Å². The monoisotopic (exact) mass is 450 g/mol. The van der Waals surface area contributed by atoms with Crippen LogP contribution in [0.4, 0.5) is 0 Å². The second-order valence-corrected chi connectivity index (χ2v) is 37.9. The van der Waals surface area contributed by atoms with Crippen LogP contribution in [0.2, 0.25) is 29.9 Å². The van der Waals surface area contributed by atoms with Crippen molar-refractivity contribution < 1.29 is 28.5 Å². The summed E-state index contributed by atoms with van der Waals surface area (Å²) in [5.74, 6) is 0. The molecule has 0 aromatic rings. The molecular weight excluding hydrogens is 434 g/mol.